The number of hydrogen-bond acceptors (Lipinski definition) is 3. The van der Waals surface area contributed by atoms with Gasteiger partial charge in [0, 0.05) is 16.0 Å². The Hall–Kier alpha value is -1.23. The Morgan fingerprint density at radius 3 is 2.04 bits per heavy atom. The van der Waals surface area contributed by atoms with Gasteiger partial charge in [-0.05, 0) is 88.1 Å². The summed E-state index contributed by atoms with van der Waals surface area (Å²) >= 11 is 3.37. The molecule has 10 radical (unpaired) electrons. The van der Waals surface area contributed by atoms with Gasteiger partial charge in [-0.25, -0.2) is 9.67 Å². The van der Waals surface area contributed by atoms with Gasteiger partial charge in [-0.3, -0.25) is 4.79 Å². The van der Waals surface area contributed by atoms with Crippen molar-refractivity contribution in [3.8, 4) is 0 Å². The van der Waals surface area contributed by atoms with E-state index in [0.717, 1.165) is 10.4 Å². The fraction of sp³-hybridized carbons (Fsp3) is 0. The smallest absolute Gasteiger partial charge is 0.287 e. The predicted molar refractivity (Wildman–Crippen MR) is 105 cm³/mol. The van der Waals surface area contributed by atoms with E-state index in [-0.39, 0.29) is 22.9 Å². The molecule has 2 aliphatic carbocycles. The minimum Gasteiger partial charge on any atom is -0.287 e. The molecule has 1 heterocycles. The molecular weight excluding hydrogens is 446 g/mol. The SMILES string of the molecule is O=C(/C(=C/[C]1[CH][CH][CH][CH]1)n1cncn1)c1ccc(Br)cc1.[CH]1[CH][CH][CH][CH]1.[Fe+2]. The molecule has 6 heteroatoms. The fourth-order valence-electron chi connectivity index (χ4n) is 2.28. The summed E-state index contributed by atoms with van der Waals surface area (Å²) in [6.45, 7) is 0. The zero-order valence-electron chi connectivity index (χ0n) is 14.2. The minimum atomic E-state index is -0.103. The molecule has 2 saturated carbocycles. The Kier molecular flexibility index (Phi) is 9.46. The average Bonchev–Trinajstić information content (AvgIpc) is 3.45. The zero-order valence-corrected chi connectivity index (χ0v) is 16.9. The van der Waals surface area contributed by atoms with Gasteiger partial charge in [0.05, 0.1) is 0 Å². The second kappa shape index (κ2) is 11.6. The first-order valence-corrected chi connectivity index (χ1v) is 8.79. The van der Waals surface area contributed by atoms with Crippen molar-refractivity contribution in [1.82, 2.24) is 14.8 Å². The summed E-state index contributed by atoms with van der Waals surface area (Å²) in [5.74, 6) is 0.847. The quantitative estimate of drug-likeness (QED) is 0.389. The first kappa shape index (κ1) is 22.1. The Labute approximate surface area is 180 Å². The van der Waals surface area contributed by atoms with Gasteiger partial charge < -0.3 is 0 Å². The van der Waals surface area contributed by atoms with Gasteiger partial charge in [0.25, 0.3) is 0 Å². The molecule has 4 rings (SSSR count). The van der Waals surface area contributed by atoms with Gasteiger partial charge in [-0.2, -0.15) is 5.10 Å². The Morgan fingerprint density at radius 2 is 1.52 bits per heavy atom. The van der Waals surface area contributed by atoms with Crippen LogP contribution in [0.5, 0.6) is 0 Å². The molecule has 0 spiro atoms. The maximum Gasteiger partial charge on any atom is 2.00 e. The maximum atomic E-state index is 12.7. The van der Waals surface area contributed by atoms with E-state index in [4.69, 9.17) is 0 Å². The van der Waals surface area contributed by atoms with E-state index in [9.17, 15) is 4.79 Å². The molecule has 4 nitrogen and oxygen atoms in total. The van der Waals surface area contributed by atoms with Crippen molar-refractivity contribution in [2.24, 2.45) is 0 Å². The number of allylic oxidation sites excluding steroid dienone is 2. The fourth-order valence-corrected chi connectivity index (χ4v) is 2.55. The second-order valence-corrected chi connectivity index (χ2v) is 6.30. The van der Waals surface area contributed by atoms with Crippen LogP contribution in [-0.4, -0.2) is 20.5 Å². The molecular formula is C21H16BrFeN3O+2. The molecule has 27 heavy (non-hydrogen) atoms. The summed E-state index contributed by atoms with van der Waals surface area (Å²) in [7, 11) is 0. The van der Waals surface area contributed by atoms with Crippen LogP contribution >= 0.6 is 15.9 Å². The number of rotatable bonds is 4. The van der Waals surface area contributed by atoms with E-state index < -0.39 is 0 Å². The molecule has 0 amide bonds. The number of halogens is 1. The molecule has 0 atom stereocenters. The van der Waals surface area contributed by atoms with Gasteiger partial charge in [-0.1, -0.05) is 15.9 Å². The summed E-state index contributed by atoms with van der Waals surface area (Å²) in [6, 6.07) is 7.24. The van der Waals surface area contributed by atoms with Crippen molar-refractivity contribution in [3.63, 3.8) is 0 Å². The first-order chi connectivity index (χ1) is 12.7. The molecule has 0 saturated heterocycles. The largest absolute Gasteiger partial charge is 2.00 e. The molecule has 1 aromatic carbocycles. The number of aromatic nitrogens is 3. The number of Topliss-reactive ketones (excluding diaryl/α,β-unsaturated/α-hetero) is 1. The van der Waals surface area contributed by atoms with Crippen LogP contribution in [0.1, 0.15) is 10.4 Å². The molecule has 2 fully saturated rings. The molecule has 1 aromatic heterocycles. The Morgan fingerprint density at radius 1 is 0.926 bits per heavy atom. The molecule has 0 unspecified atom stereocenters. The van der Waals surface area contributed by atoms with Crippen LogP contribution < -0.4 is 0 Å². The molecule has 0 N–H and O–H groups in total. The van der Waals surface area contributed by atoms with Crippen LogP contribution in [0, 0.1) is 63.7 Å². The van der Waals surface area contributed by atoms with Gasteiger partial charge in [0.15, 0.2) is 0 Å². The predicted octanol–water partition coefficient (Wildman–Crippen LogP) is 4.19. The summed E-state index contributed by atoms with van der Waals surface area (Å²) in [5, 5.41) is 4.07. The first-order valence-electron chi connectivity index (χ1n) is 7.99. The molecule has 2 aliphatic rings. The normalized spacial score (nSPS) is 17.1. The minimum absolute atomic E-state index is 0. The standard InChI is InChI=1S/C16H11BrN3O.C5H5.Fe/c17-14-7-5-13(6-8-14)16(21)15(20-11-18-10-19-20)9-12-3-1-2-4-12;1-2-4-5-3-1;/h1-11H;1-5H;/q;;+2/b15-9-;;. The number of carbonyl (C=O) groups is 1. The van der Waals surface area contributed by atoms with Crippen LogP contribution in [0.4, 0.5) is 0 Å². The summed E-state index contributed by atoms with van der Waals surface area (Å²) in [5.41, 5.74) is 1.06. The average molecular weight is 462 g/mol. The van der Waals surface area contributed by atoms with Crippen LogP contribution in [0.3, 0.4) is 0 Å². The van der Waals surface area contributed by atoms with Crippen molar-refractivity contribution in [1.29, 1.82) is 0 Å². The third kappa shape index (κ3) is 6.70. The number of nitrogens with zero attached hydrogens (tertiary/aromatic N) is 3. The van der Waals surface area contributed by atoms with Crippen LogP contribution in [0.2, 0.25) is 0 Å². The zero-order chi connectivity index (χ0) is 18.2. The topological polar surface area (TPSA) is 47.8 Å². The van der Waals surface area contributed by atoms with Crippen molar-refractivity contribution in [3.05, 3.63) is 117 Å². The van der Waals surface area contributed by atoms with Crippen molar-refractivity contribution >= 4 is 27.4 Å². The summed E-state index contributed by atoms with van der Waals surface area (Å²) in [4.78, 5) is 16.6. The Balaban J connectivity index is 0.000000379. The van der Waals surface area contributed by atoms with Gasteiger partial charge >= 0.3 is 17.1 Å². The second-order valence-electron chi connectivity index (χ2n) is 5.39. The molecule has 134 valence electrons. The summed E-state index contributed by atoms with van der Waals surface area (Å²) in [6.07, 6.45) is 22.5. The Bertz CT molecular complexity index is 711. The van der Waals surface area contributed by atoms with Gasteiger partial charge in [-0.15, -0.1) is 0 Å². The number of ketones is 1. The van der Waals surface area contributed by atoms with E-state index in [2.05, 4.69) is 26.0 Å². The van der Waals surface area contributed by atoms with Crippen molar-refractivity contribution < 1.29 is 21.9 Å². The molecule has 0 aliphatic heterocycles. The monoisotopic (exact) mass is 461 g/mol. The van der Waals surface area contributed by atoms with E-state index in [0.29, 0.717) is 11.3 Å². The van der Waals surface area contributed by atoms with E-state index in [1.807, 2.05) is 69.9 Å². The van der Waals surface area contributed by atoms with Crippen LogP contribution in [0.25, 0.3) is 5.70 Å². The number of hydrogen-bond donors (Lipinski definition) is 0. The molecule has 2 aromatic rings. The van der Waals surface area contributed by atoms with E-state index >= 15 is 0 Å². The molecule has 0 bridgehead atoms. The van der Waals surface area contributed by atoms with Gasteiger partial charge in [0.2, 0.25) is 5.78 Å². The summed E-state index contributed by atoms with van der Waals surface area (Å²) < 4.78 is 2.42. The van der Waals surface area contributed by atoms with Crippen LogP contribution in [0.15, 0.2) is 47.5 Å². The van der Waals surface area contributed by atoms with Crippen molar-refractivity contribution in [2.45, 2.75) is 0 Å². The maximum absolute atomic E-state index is 12.7. The van der Waals surface area contributed by atoms with Crippen LogP contribution in [-0.2, 0) is 17.1 Å². The van der Waals surface area contributed by atoms with E-state index in [1.54, 1.807) is 18.2 Å². The van der Waals surface area contributed by atoms with Crippen molar-refractivity contribution in [2.75, 3.05) is 0 Å². The van der Waals surface area contributed by atoms with Gasteiger partial charge in [0.1, 0.15) is 18.4 Å². The van der Waals surface area contributed by atoms with E-state index in [1.165, 1.54) is 17.3 Å². The third-order valence-electron chi connectivity index (χ3n) is 3.55. The third-order valence-corrected chi connectivity index (χ3v) is 4.08. The number of carbonyl (C=O) groups excluding carboxylic acids is 1. The number of benzene rings is 1.